The Hall–Kier alpha value is -0.0800. The zero-order valence-electron chi connectivity index (χ0n) is 10.8. The van der Waals surface area contributed by atoms with E-state index in [0.717, 1.165) is 19.0 Å². The van der Waals surface area contributed by atoms with Gasteiger partial charge in [0, 0.05) is 18.6 Å². The molecule has 0 saturated carbocycles. The predicted molar refractivity (Wildman–Crippen MR) is 64.7 cm³/mol. The minimum absolute atomic E-state index is 0.640. The highest BCUT2D eigenvalue weighted by atomic mass is 15.2. The molecule has 0 amide bonds. The van der Waals surface area contributed by atoms with Gasteiger partial charge in [-0.2, -0.15) is 0 Å². The van der Waals surface area contributed by atoms with E-state index in [1.54, 1.807) is 0 Å². The van der Waals surface area contributed by atoms with Crippen LogP contribution in [0.2, 0.25) is 0 Å². The lowest BCUT2D eigenvalue weighted by molar-refractivity contribution is 0.185. The van der Waals surface area contributed by atoms with Crippen LogP contribution in [0.25, 0.3) is 0 Å². The van der Waals surface area contributed by atoms with Gasteiger partial charge in [0.2, 0.25) is 0 Å². The number of likely N-dealkylation sites (N-methyl/N-ethyl adjacent to an activating group) is 1. The van der Waals surface area contributed by atoms with Crippen LogP contribution in [0.4, 0.5) is 0 Å². The van der Waals surface area contributed by atoms with Crippen LogP contribution in [0.1, 0.15) is 41.0 Å². The second-order valence-corrected chi connectivity index (χ2v) is 4.87. The summed E-state index contributed by atoms with van der Waals surface area (Å²) < 4.78 is 0. The monoisotopic (exact) mass is 200 g/mol. The van der Waals surface area contributed by atoms with Gasteiger partial charge in [-0.15, -0.1) is 0 Å². The molecule has 0 bridgehead atoms. The quantitative estimate of drug-likeness (QED) is 0.678. The molecule has 0 aromatic rings. The van der Waals surface area contributed by atoms with E-state index in [1.165, 1.54) is 6.42 Å². The van der Waals surface area contributed by atoms with E-state index in [0.29, 0.717) is 12.1 Å². The summed E-state index contributed by atoms with van der Waals surface area (Å²) in [5.41, 5.74) is 0. The van der Waals surface area contributed by atoms with E-state index in [4.69, 9.17) is 0 Å². The molecule has 0 aliphatic rings. The number of nitrogens with one attached hydrogen (secondary N) is 1. The maximum atomic E-state index is 3.53. The second kappa shape index (κ2) is 7.24. The molecule has 0 heterocycles. The first-order chi connectivity index (χ1) is 6.49. The summed E-state index contributed by atoms with van der Waals surface area (Å²) in [5.74, 6) is 0.747. The highest BCUT2D eigenvalue weighted by Gasteiger charge is 2.14. The topological polar surface area (TPSA) is 15.3 Å². The van der Waals surface area contributed by atoms with Gasteiger partial charge in [-0.25, -0.2) is 0 Å². The second-order valence-electron chi connectivity index (χ2n) is 4.87. The average Bonchev–Trinajstić information content (AvgIpc) is 2.10. The summed E-state index contributed by atoms with van der Waals surface area (Å²) in [6.07, 6.45) is 1.22. The fourth-order valence-electron chi connectivity index (χ4n) is 1.54. The molecule has 0 spiro atoms. The summed E-state index contributed by atoms with van der Waals surface area (Å²) in [4.78, 5) is 2.45. The summed E-state index contributed by atoms with van der Waals surface area (Å²) in [6, 6.07) is 1.31. The van der Waals surface area contributed by atoms with Crippen molar-refractivity contribution in [1.82, 2.24) is 10.2 Å². The van der Waals surface area contributed by atoms with Crippen LogP contribution >= 0.6 is 0 Å². The molecule has 14 heavy (non-hydrogen) atoms. The van der Waals surface area contributed by atoms with Gasteiger partial charge in [-0.05, 0) is 39.8 Å². The van der Waals surface area contributed by atoms with Gasteiger partial charge in [0.15, 0.2) is 0 Å². The maximum absolute atomic E-state index is 3.53. The minimum atomic E-state index is 0.640. The largest absolute Gasteiger partial charge is 0.315 e. The Morgan fingerprint density at radius 1 is 1.07 bits per heavy atom. The van der Waals surface area contributed by atoms with Crippen LogP contribution in [-0.2, 0) is 0 Å². The van der Waals surface area contributed by atoms with Crippen molar-refractivity contribution in [1.29, 1.82) is 0 Å². The molecule has 1 atom stereocenters. The van der Waals surface area contributed by atoms with E-state index in [2.05, 4.69) is 51.9 Å². The van der Waals surface area contributed by atoms with Crippen molar-refractivity contribution < 1.29 is 0 Å². The van der Waals surface area contributed by atoms with Crippen molar-refractivity contribution in [3.63, 3.8) is 0 Å². The smallest absolute Gasteiger partial charge is 0.0217 e. The van der Waals surface area contributed by atoms with E-state index in [-0.39, 0.29) is 0 Å². The van der Waals surface area contributed by atoms with E-state index in [1.807, 2.05) is 0 Å². The van der Waals surface area contributed by atoms with Gasteiger partial charge in [-0.3, -0.25) is 4.90 Å². The van der Waals surface area contributed by atoms with Gasteiger partial charge in [0.1, 0.15) is 0 Å². The lowest BCUT2D eigenvalue weighted by Crippen LogP contribution is -2.43. The van der Waals surface area contributed by atoms with Crippen LogP contribution in [-0.4, -0.2) is 37.1 Å². The zero-order chi connectivity index (χ0) is 11.1. The van der Waals surface area contributed by atoms with E-state index >= 15 is 0 Å². The molecule has 1 unspecified atom stereocenters. The molecular weight excluding hydrogens is 172 g/mol. The molecule has 0 aromatic heterocycles. The third-order valence-corrected chi connectivity index (χ3v) is 2.79. The molecule has 2 nitrogen and oxygen atoms in total. The van der Waals surface area contributed by atoms with Crippen LogP contribution < -0.4 is 5.32 Å². The SMILES string of the molecule is CCC(CNCC(C)C)N(C)C(C)C. The lowest BCUT2D eigenvalue weighted by Gasteiger charge is -2.31. The summed E-state index contributed by atoms with van der Waals surface area (Å²) in [6.45, 7) is 13.5. The number of hydrogen-bond donors (Lipinski definition) is 1. The van der Waals surface area contributed by atoms with Crippen molar-refractivity contribution >= 4 is 0 Å². The third kappa shape index (κ3) is 5.61. The Kier molecular flexibility index (Phi) is 7.20. The average molecular weight is 200 g/mol. The standard InChI is InChI=1S/C12H28N2/c1-7-12(14(6)11(4)5)9-13-8-10(2)3/h10-13H,7-9H2,1-6H3. The fourth-order valence-corrected chi connectivity index (χ4v) is 1.54. The maximum Gasteiger partial charge on any atom is 0.0217 e. The van der Waals surface area contributed by atoms with E-state index in [9.17, 15) is 0 Å². The van der Waals surface area contributed by atoms with Gasteiger partial charge in [0.25, 0.3) is 0 Å². The van der Waals surface area contributed by atoms with Gasteiger partial charge in [0.05, 0.1) is 0 Å². The van der Waals surface area contributed by atoms with Gasteiger partial charge >= 0.3 is 0 Å². The first-order valence-electron chi connectivity index (χ1n) is 5.91. The number of rotatable bonds is 7. The highest BCUT2D eigenvalue weighted by molar-refractivity contribution is 4.72. The first-order valence-corrected chi connectivity index (χ1v) is 5.91. The molecule has 0 radical (unpaired) electrons. The summed E-state index contributed by atoms with van der Waals surface area (Å²) >= 11 is 0. The van der Waals surface area contributed by atoms with Crippen molar-refractivity contribution in [3.8, 4) is 0 Å². The third-order valence-electron chi connectivity index (χ3n) is 2.79. The Balaban J connectivity index is 3.79. The highest BCUT2D eigenvalue weighted by Crippen LogP contribution is 2.05. The minimum Gasteiger partial charge on any atom is -0.315 e. The molecule has 0 rings (SSSR count). The van der Waals surface area contributed by atoms with Crippen LogP contribution in [0.15, 0.2) is 0 Å². The normalized spacial score (nSPS) is 14.4. The molecule has 0 aliphatic heterocycles. The lowest BCUT2D eigenvalue weighted by atomic mass is 10.1. The molecule has 0 aliphatic carbocycles. The Morgan fingerprint density at radius 3 is 2.00 bits per heavy atom. The summed E-state index contributed by atoms with van der Waals surface area (Å²) in [7, 11) is 2.22. The van der Waals surface area contributed by atoms with E-state index < -0.39 is 0 Å². The molecule has 1 N–H and O–H groups in total. The first kappa shape index (κ1) is 13.9. The molecule has 86 valence electrons. The molecule has 0 saturated heterocycles. The van der Waals surface area contributed by atoms with Crippen LogP contribution in [0, 0.1) is 5.92 Å². The zero-order valence-corrected chi connectivity index (χ0v) is 10.8. The van der Waals surface area contributed by atoms with Crippen LogP contribution in [0.5, 0.6) is 0 Å². The fraction of sp³-hybridized carbons (Fsp3) is 1.00. The Bertz CT molecular complexity index is 132. The van der Waals surface area contributed by atoms with Crippen LogP contribution in [0.3, 0.4) is 0 Å². The molecule has 0 fully saturated rings. The number of hydrogen-bond acceptors (Lipinski definition) is 2. The Labute approximate surface area is 90.1 Å². The van der Waals surface area contributed by atoms with Crippen molar-refractivity contribution in [3.05, 3.63) is 0 Å². The molecule has 0 aromatic carbocycles. The number of nitrogens with zero attached hydrogens (tertiary/aromatic N) is 1. The van der Waals surface area contributed by atoms with Gasteiger partial charge in [-0.1, -0.05) is 20.8 Å². The van der Waals surface area contributed by atoms with Crippen molar-refractivity contribution in [2.45, 2.75) is 53.1 Å². The van der Waals surface area contributed by atoms with Crippen molar-refractivity contribution in [2.24, 2.45) is 5.92 Å². The van der Waals surface area contributed by atoms with Gasteiger partial charge < -0.3 is 5.32 Å². The molecular formula is C12H28N2. The Morgan fingerprint density at radius 2 is 1.64 bits per heavy atom. The summed E-state index contributed by atoms with van der Waals surface area (Å²) in [5, 5.41) is 3.53. The predicted octanol–water partition coefficient (Wildman–Crippen LogP) is 2.35. The van der Waals surface area contributed by atoms with Crippen molar-refractivity contribution in [2.75, 3.05) is 20.1 Å². The molecule has 2 heteroatoms.